The van der Waals surface area contributed by atoms with E-state index in [9.17, 15) is 15.0 Å². The van der Waals surface area contributed by atoms with E-state index < -0.39 is 12.1 Å². The summed E-state index contributed by atoms with van der Waals surface area (Å²) in [4.78, 5) is 12.4. The summed E-state index contributed by atoms with van der Waals surface area (Å²) in [7, 11) is 0. The Hall–Kier alpha value is -1.65. The molecule has 60 heavy (non-hydrogen) atoms. The van der Waals surface area contributed by atoms with E-state index in [1.165, 1.54) is 186 Å². The van der Waals surface area contributed by atoms with Gasteiger partial charge in [0, 0.05) is 6.42 Å². The maximum absolute atomic E-state index is 12.4. The van der Waals surface area contributed by atoms with Crippen LogP contribution in [0.1, 0.15) is 284 Å². The number of aliphatic hydroxyl groups excluding tert-OH is 2. The Bertz CT molecular complexity index is 954. The lowest BCUT2D eigenvalue weighted by atomic mass is 10.0. The van der Waals surface area contributed by atoms with Crippen LogP contribution < -0.4 is 5.32 Å². The summed E-state index contributed by atoms with van der Waals surface area (Å²) >= 11 is 0. The number of carbonyl (C=O) groups excluding carboxylic acids is 1. The molecule has 0 aromatic heterocycles. The van der Waals surface area contributed by atoms with Crippen molar-refractivity contribution in [2.24, 2.45) is 0 Å². The van der Waals surface area contributed by atoms with Crippen molar-refractivity contribution in [2.45, 2.75) is 296 Å². The molecule has 0 aliphatic rings. The van der Waals surface area contributed by atoms with Crippen LogP contribution in [-0.4, -0.2) is 34.9 Å². The minimum absolute atomic E-state index is 0.0528. The van der Waals surface area contributed by atoms with Crippen LogP contribution in [0.4, 0.5) is 0 Å². The number of nitrogens with one attached hydrogen (secondary N) is 1. The summed E-state index contributed by atoms with van der Waals surface area (Å²) in [6, 6.07) is -0.552. The van der Waals surface area contributed by atoms with Gasteiger partial charge in [0.2, 0.25) is 5.91 Å². The van der Waals surface area contributed by atoms with Crippen molar-refractivity contribution in [1.82, 2.24) is 5.32 Å². The average molecular weight is 840 g/mol. The summed E-state index contributed by atoms with van der Waals surface area (Å²) in [5.74, 6) is -0.0528. The van der Waals surface area contributed by atoms with Gasteiger partial charge >= 0.3 is 0 Å². The van der Waals surface area contributed by atoms with Gasteiger partial charge in [-0.1, -0.05) is 274 Å². The van der Waals surface area contributed by atoms with E-state index in [0.29, 0.717) is 12.8 Å². The first-order valence-corrected chi connectivity index (χ1v) is 26.8. The monoisotopic (exact) mass is 840 g/mol. The number of hydrogen-bond donors (Lipinski definition) is 3. The molecule has 0 saturated carbocycles. The zero-order valence-electron chi connectivity index (χ0n) is 40.5. The molecule has 0 radical (unpaired) electrons. The minimum Gasteiger partial charge on any atom is -0.394 e. The van der Waals surface area contributed by atoms with Gasteiger partial charge in [0.1, 0.15) is 0 Å². The molecule has 2 unspecified atom stereocenters. The Labute approximate surface area is 375 Å². The van der Waals surface area contributed by atoms with E-state index in [0.717, 1.165) is 70.6 Å². The third-order valence-corrected chi connectivity index (χ3v) is 12.4. The number of unbranched alkanes of at least 4 members (excludes halogenated alkanes) is 34. The second-order valence-electron chi connectivity index (χ2n) is 18.3. The summed E-state index contributed by atoms with van der Waals surface area (Å²) < 4.78 is 0. The van der Waals surface area contributed by atoms with Crippen LogP contribution in [0.5, 0.6) is 0 Å². The SMILES string of the molecule is CC/C=C\C/C=C\C/C=C\C/C=C\CCCCCCC(=O)NC(CO)C(O)CCCCCCCCCCCCCCCCCCCCCCCCCCCCCCCCC. The normalized spacial score (nSPS) is 13.2. The van der Waals surface area contributed by atoms with Crippen LogP contribution in [0.2, 0.25) is 0 Å². The molecule has 0 aromatic carbocycles. The molecule has 4 heteroatoms. The number of allylic oxidation sites excluding steroid dienone is 8. The topological polar surface area (TPSA) is 69.6 Å². The van der Waals surface area contributed by atoms with Gasteiger partial charge in [0.15, 0.2) is 0 Å². The lowest BCUT2D eigenvalue weighted by molar-refractivity contribution is -0.123. The highest BCUT2D eigenvalue weighted by Crippen LogP contribution is 2.17. The van der Waals surface area contributed by atoms with Crippen molar-refractivity contribution in [3.63, 3.8) is 0 Å². The first-order valence-electron chi connectivity index (χ1n) is 26.8. The fraction of sp³-hybridized carbons (Fsp3) is 0.839. The highest BCUT2D eigenvalue weighted by atomic mass is 16.3. The van der Waals surface area contributed by atoms with Gasteiger partial charge in [-0.15, -0.1) is 0 Å². The van der Waals surface area contributed by atoms with Crippen molar-refractivity contribution < 1.29 is 15.0 Å². The molecular weight excluding hydrogens is 735 g/mol. The lowest BCUT2D eigenvalue weighted by Crippen LogP contribution is -2.45. The second kappa shape index (κ2) is 51.7. The quantitative estimate of drug-likeness (QED) is 0.0422. The predicted molar refractivity (Wildman–Crippen MR) is 267 cm³/mol. The highest BCUT2D eigenvalue weighted by molar-refractivity contribution is 5.76. The molecule has 4 nitrogen and oxygen atoms in total. The molecular formula is C56H105NO3. The first kappa shape index (κ1) is 58.4. The summed E-state index contributed by atoms with van der Waals surface area (Å²) in [6.07, 6.45) is 71.0. The van der Waals surface area contributed by atoms with Crippen LogP contribution >= 0.6 is 0 Å². The summed E-state index contributed by atoms with van der Waals surface area (Å²) in [5.41, 5.74) is 0. The Morgan fingerprint density at radius 1 is 0.417 bits per heavy atom. The molecule has 0 saturated heterocycles. The third-order valence-electron chi connectivity index (χ3n) is 12.4. The summed E-state index contributed by atoms with van der Waals surface area (Å²) in [6.45, 7) is 4.25. The van der Waals surface area contributed by atoms with Crippen LogP contribution in [-0.2, 0) is 4.79 Å². The Morgan fingerprint density at radius 2 is 0.733 bits per heavy atom. The molecule has 0 bridgehead atoms. The van der Waals surface area contributed by atoms with Crippen LogP contribution in [0.25, 0.3) is 0 Å². The van der Waals surface area contributed by atoms with Gasteiger partial charge < -0.3 is 15.5 Å². The molecule has 0 rings (SSSR count). The van der Waals surface area contributed by atoms with Crippen molar-refractivity contribution in [3.05, 3.63) is 48.6 Å². The van der Waals surface area contributed by atoms with Gasteiger partial charge in [0.25, 0.3) is 0 Å². The number of rotatable bonds is 49. The van der Waals surface area contributed by atoms with Crippen molar-refractivity contribution in [1.29, 1.82) is 0 Å². The van der Waals surface area contributed by atoms with E-state index >= 15 is 0 Å². The Kier molecular flexibility index (Phi) is 50.3. The number of aliphatic hydroxyl groups is 2. The fourth-order valence-corrected chi connectivity index (χ4v) is 8.30. The van der Waals surface area contributed by atoms with E-state index in [2.05, 4.69) is 67.8 Å². The lowest BCUT2D eigenvalue weighted by Gasteiger charge is -2.22. The van der Waals surface area contributed by atoms with E-state index in [1.54, 1.807) is 0 Å². The van der Waals surface area contributed by atoms with Crippen LogP contribution in [0.15, 0.2) is 48.6 Å². The molecule has 0 fully saturated rings. The molecule has 0 aliphatic heterocycles. The second-order valence-corrected chi connectivity index (χ2v) is 18.3. The molecule has 0 spiro atoms. The molecule has 352 valence electrons. The number of amides is 1. The molecule has 0 aliphatic carbocycles. The van der Waals surface area contributed by atoms with E-state index in [-0.39, 0.29) is 12.5 Å². The maximum atomic E-state index is 12.4. The maximum Gasteiger partial charge on any atom is 0.220 e. The third kappa shape index (κ3) is 47.4. The van der Waals surface area contributed by atoms with Gasteiger partial charge in [-0.3, -0.25) is 4.79 Å². The smallest absolute Gasteiger partial charge is 0.220 e. The van der Waals surface area contributed by atoms with Crippen molar-refractivity contribution in [2.75, 3.05) is 6.61 Å². The van der Waals surface area contributed by atoms with Crippen molar-refractivity contribution in [3.8, 4) is 0 Å². The Morgan fingerprint density at radius 3 is 1.10 bits per heavy atom. The molecule has 2 atom stereocenters. The molecule has 0 heterocycles. The number of carbonyl (C=O) groups is 1. The predicted octanol–water partition coefficient (Wildman–Crippen LogP) is 17.5. The molecule has 3 N–H and O–H groups in total. The van der Waals surface area contributed by atoms with Crippen LogP contribution in [0.3, 0.4) is 0 Å². The van der Waals surface area contributed by atoms with Gasteiger partial charge in [-0.2, -0.15) is 0 Å². The zero-order chi connectivity index (χ0) is 43.5. The van der Waals surface area contributed by atoms with E-state index in [4.69, 9.17) is 0 Å². The highest BCUT2D eigenvalue weighted by Gasteiger charge is 2.20. The number of hydrogen-bond acceptors (Lipinski definition) is 3. The molecule has 1 amide bonds. The summed E-state index contributed by atoms with van der Waals surface area (Å²) in [5, 5.41) is 23.3. The zero-order valence-corrected chi connectivity index (χ0v) is 40.5. The van der Waals surface area contributed by atoms with Crippen LogP contribution in [0, 0.1) is 0 Å². The standard InChI is InChI=1S/C56H105NO3/c1-3-5-7-9-11-13-15-17-19-21-22-23-24-25-26-27-28-29-30-31-32-33-34-36-37-39-41-43-45-47-49-51-55(59)54(53-58)57-56(60)52-50-48-46-44-42-40-38-35-20-18-16-14-12-10-8-6-4-2/h6,8,12,14,18,20,38,40,54-55,58-59H,3-5,7,9-11,13,15-17,19,21-37,39,41-53H2,1-2H3,(H,57,60)/b8-6-,14-12-,20-18-,40-38-. The van der Waals surface area contributed by atoms with Crippen molar-refractivity contribution >= 4 is 5.91 Å². The van der Waals surface area contributed by atoms with Gasteiger partial charge in [0.05, 0.1) is 18.8 Å². The fourth-order valence-electron chi connectivity index (χ4n) is 8.30. The van der Waals surface area contributed by atoms with Gasteiger partial charge in [-0.25, -0.2) is 0 Å². The average Bonchev–Trinajstić information content (AvgIpc) is 3.25. The first-order chi connectivity index (χ1) is 29.7. The molecule has 0 aromatic rings. The van der Waals surface area contributed by atoms with E-state index in [1.807, 2.05) is 0 Å². The minimum atomic E-state index is -0.673. The Balaban J connectivity index is 3.44. The largest absolute Gasteiger partial charge is 0.394 e. The van der Waals surface area contributed by atoms with Gasteiger partial charge in [-0.05, 0) is 51.4 Å².